The molecule has 78 valence electrons. The third-order valence-electron chi connectivity index (χ3n) is 2.05. The molecule has 15 heavy (non-hydrogen) atoms. The van der Waals surface area contributed by atoms with Gasteiger partial charge >= 0.3 is 0 Å². The third kappa shape index (κ3) is 3.75. The predicted octanol–water partition coefficient (Wildman–Crippen LogP) is 3.29. The molecule has 0 heterocycles. The molecular weight excluding hydrogens is 188 g/mol. The number of benzene rings is 1. The molecule has 1 aromatic carbocycles. The normalized spacial score (nSPS) is 10.2. The summed E-state index contributed by atoms with van der Waals surface area (Å²) in [6, 6.07) is 5.79. The van der Waals surface area contributed by atoms with E-state index in [0.29, 0.717) is 6.54 Å². The molecule has 1 rings (SSSR count). The maximum absolute atomic E-state index is 8.08. The molecule has 0 unspecified atom stereocenters. The second-order valence-corrected chi connectivity index (χ2v) is 3.26. The van der Waals surface area contributed by atoms with Crippen LogP contribution in [0.15, 0.2) is 29.4 Å². The van der Waals surface area contributed by atoms with E-state index < -0.39 is 0 Å². The van der Waals surface area contributed by atoms with Crippen LogP contribution in [0.25, 0.3) is 16.5 Å². The lowest BCUT2D eigenvalue weighted by Crippen LogP contribution is -1.87. The molecule has 0 aliphatic carbocycles. The van der Waals surface area contributed by atoms with E-state index in [9.17, 15) is 0 Å². The summed E-state index contributed by atoms with van der Waals surface area (Å²) in [6.07, 6.45) is 4.77. The molecule has 0 aliphatic rings. The Balaban J connectivity index is 2.60. The van der Waals surface area contributed by atoms with Gasteiger partial charge in [0, 0.05) is 17.1 Å². The van der Waals surface area contributed by atoms with Gasteiger partial charge in [-0.05, 0) is 42.1 Å². The van der Waals surface area contributed by atoms with Crippen LogP contribution in [-0.2, 0) is 0 Å². The first-order chi connectivity index (χ1) is 7.24. The summed E-state index contributed by atoms with van der Waals surface area (Å²) in [5, 5.41) is 3.45. The monoisotopic (exact) mass is 202 g/mol. The van der Waals surface area contributed by atoms with E-state index in [2.05, 4.69) is 10.0 Å². The van der Waals surface area contributed by atoms with Crippen LogP contribution in [0.1, 0.15) is 17.5 Å². The predicted molar refractivity (Wildman–Crippen MR) is 63.3 cm³/mol. The van der Waals surface area contributed by atoms with Crippen LogP contribution in [0.5, 0.6) is 0 Å². The van der Waals surface area contributed by atoms with Crippen molar-refractivity contribution >= 4 is 11.8 Å². The van der Waals surface area contributed by atoms with E-state index >= 15 is 0 Å². The molecule has 0 saturated carbocycles. The molecule has 0 spiro atoms. The molecule has 0 fully saturated rings. The first-order valence-corrected chi connectivity index (χ1v) is 4.77. The van der Waals surface area contributed by atoms with Crippen molar-refractivity contribution in [1.82, 2.24) is 0 Å². The lowest BCUT2D eigenvalue weighted by atomic mass is 10.1. The van der Waals surface area contributed by atoms with Gasteiger partial charge in [0.1, 0.15) is 0 Å². The van der Waals surface area contributed by atoms with Gasteiger partial charge in [0.05, 0.1) is 0 Å². The second kappa shape index (κ2) is 5.73. The maximum atomic E-state index is 8.08. The maximum Gasteiger partial charge on any atom is 0.0317 e. The van der Waals surface area contributed by atoms with Crippen LogP contribution in [-0.4, -0.2) is 6.54 Å². The van der Waals surface area contributed by atoms with Crippen molar-refractivity contribution in [2.45, 2.75) is 13.3 Å². The van der Waals surface area contributed by atoms with E-state index in [4.69, 9.17) is 11.3 Å². The van der Waals surface area contributed by atoms with Crippen LogP contribution in [0.4, 0.5) is 5.69 Å². The number of rotatable bonds is 4. The fourth-order valence-electron chi connectivity index (χ4n) is 1.27. The Kier molecular flexibility index (Phi) is 4.26. The Morgan fingerprint density at radius 3 is 3.00 bits per heavy atom. The fraction of sp³-hybridized carbons (Fsp3) is 0.273. The van der Waals surface area contributed by atoms with Gasteiger partial charge in [0.2, 0.25) is 0 Å². The average Bonchev–Trinajstić information content (AvgIpc) is 2.20. The molecule has 0 aliphatic heterocycles. The highest BCUT2D eigenvalue weighted by atomic mass is 15.1. The minimum absolute atomic E-state index is 0.501. The van der Waals surface area contributed by atoms with Crippen molar-refractivity contribution in [1.29, 1.82) is 0 Å². The molecule has 4 heteroatoms. The average molecular weight is 202 g/mol. The zero-order valence-electron chi connectivity index (χ0n) is 8.72. The van der Waals surface area contributed by atoms with Crippen molar-refractivity contribution in [3.05, 3.63) is 45.8 Å². The van der Waals surface area contributed by atoms with Crippen LogP contribution >= 0.6 is 0 Å². The summed E-state index contributed by atoms with van der Waals surface area (Å²) in [7, 11) is 0. The van der Waals surface area contributed by atoms with Crippen LogP contribution in [0.2, 0.25) is 0 Å². The van der Waals surface area contributed by atoms with Crippen molar-refractivity contribution in [2.75, 3.05) is 12.3 Å². The zero-order valence-corrected chi connectivity index (χ0v) is 8.72. The lowest BCUT2D eigenvalue weighted by Gasteiger charge is -2.00. The number of nitrogens with two attached hydrogens (primary N) is 1. The number of hydrogen-bond donors (Lipinski definition) is 1. The number of anilines is 1. The Morgan fingerprint density at radius 1 is 1.53 bits per heavy atom. The van der Waals surface area contributed by atoms with E-state index in [1.807, 2.05) is 37.3 Å². The minimum atomic E-state index is 0.501. The number of nitrogen functional groups attached to an aromatic ring is 1. The second-order valence-electron chi connectivity index (χ2n) is 3.26. The van der Waals surface area contributed by atoms with Gasteiger partial charge in [-0.3, -0.25) is 0 Å². The smallest absolute Gasteiger partial charge is 0.0317 e. The number of aryl methyl sites for hydroxylation is 1. The molecule has 2 N–H and O–H groups in total. The molecule has 4 nitrogen and oxygen atoms in total. The fourth-order valence-corrected chi connectivity index (χ4v) is 1.27. The molecular formula is C11H14N4. The van der Waals surface area contributed by atoms with Crippen LogP contribution < -0.4 is 5.73 Å². The van der Waals surface area contributed by atoms with E-state index in [1.165, 1.54) is 0 Å². The third-order valence-corrected chi connectivity index (χ3v) is 2.05. The van der Waals surface area contributed by atoms with Crippen molar-refractivity contribution in [2.24, 2.45) is 5.11 Å². The Labute approximate surface area is 89.0 Å². The topological polar surface area (TPSA) is 74.8 Å². The van der Waals surface area contributed by atoms with Gasteiger partial charge in [-0.15, -0.1) is 0 Å². The van der Waals surface area contributed by atoms with Gasteiger partial charge in [-0.2, -0.15) is 0 Å². The number of azide groups is 1. The van der Waals surface area contributed by atoms with E-state index in [1.54, 1.807) is 0 Å². The molecule has 1 aromatic rings. The molecule has 0 bridgehead atoms. The van der Waals surface area contributed by atoms with Crippen LogP contribution in [0, 0.1) is 6.92 Å². The summed E-state index contributed by atoms with van der Waals surface area (Å²) in [4.78, 5) is 2.68. The summed E-state index contributed by atoms with van der Waals surface area (Å²) in [5.74, 6) is 0. The first-order valence-electron chi connectivity index (χ1n) is 4.77. The Hall–Kier alpha value is -1.93. The van der Waals surface area contributed by atoms with Crippen LogP contribution in [0.3, 0.4) is 0 Å². The lowest BCUT2D eigenvalue weighted by molar-refractivity contribution is 0.995. The molecule has 0 radical (unpaired) electrons. The van der Waals surface area contributed by atoms with Crippen molar-refractivity contribution in [3.63, 3.8) is 0 Å². The van der Waals surface area contributed by atoms with Gasteiger partial charge in [-0.1, -0.05) is 23.3 Å². The highest BCUT2D eigenvalue weighted by Crippen LogP contribution is 2.14. The highest BCUT2D eigenvalue weighted by Gasteiger charge is 1.93. The summed E-state index contributed by atoms with van der Waals surface area (Å²) in [6.45, 7) is 2.52. The van der Waals surface area contributed by atoms with E-state index in [0.717, 1.165) is 23.2 Å². The SMILES string of the molecule is Cc1cc(N)ccc1C=CCCN=[N+]=[N-]. The van der Waals surface area contributed by atoms with Gasteiger partial charge in [0.15, 0.2) is 0 Å². The summed E-state index contributed by atoms with van der Waals surface area (Å²) in [5.41, 5.74) is 16.8. The molecule has 0 aromatic heterocycles. The quantitative estimate of drug-likeness (QED) is 0.263. The van der Waals surface area contributed by atoms with Crippen molar-refractivity contribution in [3.8, 4) is 0 Å². The molecule has 0 atom stereocenters. The highest BCUT2D eigenvalue weighted by molar-refractivity contribution is 5.57. The summed E-state index contributed by atoms with van der Waals surface area (Å²) >= 11 is 0. The molecule has 0 amide bonds. The van der Waals surface area contributed by atoms with Gasteiger partial charge in [0.25, 0.3) is 0 Å². The van der Waals surface area contributed by atoms with Gasteiger partial charge in [-0.25, -0.2) is 0 Å². The van der Waals surface area contributed by atoms with E-state index in [-0.39, 0.29) is 0 Å². The minimum Gasteiger partial charge on any atom is -0.399 e. The standard InChI is InChI=1S/C11H14N4/c1-9-8-11(12)6-5-10(9)4-2-3-7-14-15-13/h2,4-6,8H,3,7,12H2,1H3. The Bertz CT molecular complexity index is 403. The Morgan fingerprint density at radius 2 is 2.33 bits per heavy atom. The largest absolute Gasteiger partial charge is 0.399 e. The van der Waals surface area contributed by atoms with Gasteiger partial charge < -0.3 is 5.73 Å². The first kappa shape index (κ1) is 11.1. The summed E-state index contributed by atoms with van der Waals surface area (Å²) < 4.78 is 0. The number of hydrogen-bond acceptors (Lipinski definition) is 2. The number of nitrogens with zero attached hydrogens (tertiary/aromatic N) is 3. The zero-order chi connectivity index (χ0) is 11.1. The molecule has 0 saturated heterocycles. The van der Waals surface area contributed by atoms with Crippen molar-refractivity contribution < 1.29 is 0 Å².